The Morgan fingerprint density at radius 1 is 1.35 bits per heavy atom. The third kappa shape index (κ3) is 3.14. The van der Waals surface area contributed by atoms with Gasteiger partial charge in [-0.1, -0.05) is 25.1 Å². The lowest BCUT2D eigenvalue weighted by molar-refractivity contribution is -0.138. The van der Waals surface area contributed by atoms with Gasteiger partial charge in [0.1, 0.15) is 0 Å². The van der Waals surface area contributed by atoms with Gasteiger partial charge in [0.25, 0.3) is 0 Å². The minimum Gasteiger partial charge on any atom is -0.309 e. The molecule has 1 N–H and O–H groups in total. The molecule has 1 aliphatic rings. The number of thioether (sulfide) groups is 1. The molecular weight excluding hydrogens is 283 g/mol. The number of benzene rings is 1. The van der Waals surface area contributed by atoms with Crippen LogP contribution in [0.1, 0.15) is 43.9 Å². The third-order valence-electron chi connectivity index (χ3n) is 3.85. The van der Waals surface area contributed by atoms with Gasteiger partial charge in [0.2, 0.25) is 0 Å². The minimum absolute atomic E-state index is 0.169. The van der Waals surface area contributed by atoms with E-state index in [1.165, 1.54) is 12.1 Å². The Hall–Kier alpha value is -0.680. The first kappa shape index (κ1) is 15.7. The van der Waals surface area contributed by atoms with Gasteiger partial charge in [-0.05, 0) is 43.7 Å². The zero-order chi connectivity index (χ0) is 14.8. The predicted molar refractivity (Wildman–Crippen MR) is 78.0 cm³/mol. The van der Waals surface area contributed by atoms with Gasteiger partial charge in [-0.25, -0.2) is 0 Å². The molecule has 0 spiro atoms. The first-order valence-corrected chi connectivity index (χ1v) is 7.90. The molecule has 1 fully saturated rings. The first-order chi connectivity index (χ1) is 9.38. The molecule has 0 radical (unpaired) electrons. The summed E-state index contributed by atoms with van der Waals surface area (Å²) in [4.78, 5) is 0. The van der Waals surface area contributed by atoms with Crippen LogP contribution in [0.5, 0.6) is 0 Å². The Bertz CT molecular complexity index is 453. The van der Waals surface area contributed by atoms with E-state index in [-0.39, 0.29) is 10.8 Å². The van der Waals surface area contributed by atoms with E-state index in [4.69, 9.17) is 0 Å². The van der Waals surface area contributed by atoms with Crippen molar-refractivity contribution in [3.63, 3.8) is 0 Å². The van der Waals surface area contributed by atoms with E-state index in [0.29, 0.717) is 12.1 Å². The third-order valence-corrected chi connectivity index (χ3v) is 5.44. The van der Waals surface area contributed by atoms with Gasteiger partial charge in [0.05, 0.1) is 5.56 Å². The van der Waals surface area contributed by atoms with Crippen molar-refractivity contribution in [2.45, 2.75) is 43.7 Å². The summed E-state index contributed by atoms with van der Waals surface area (Å²) >= 11 is 1.78. The van der Waals surface area contributed by atoms with Crippen LogP contribution in [0.15, 0.2) is 24.3 Å². The second kappa shape index (κ2) is 5.98. The van der Waals surface area contributed by atoms with Crippen LogP contribution in [0.2, 0.25) is 0 Å². The Morgan fingerprint density at radius 3 is 2.60 bits per heavy atom. The number of nitrogens with one attached hydrogen (secondary N) is 1. The van der Waals surface area contributed by atoms with Crippen LogP contribution >= 0.6 is 11.8 Å². The average Bonchev–Trinajstić information content (AvgIpc) is 2.83. The van der Waals surface area contributed by atoms with Crippen molar-refractivity contribution in [3.8, 4) is 0 Å². The van der Waals surface area contributed by atoms with Crippen LogP contribution < -0.4 is 5.32 Å². The molecule has 5 heteroatoms. The molecule has 1 saturated heterocycles. The van der Waals surface area contributed by atoms with Crippen LogP contribution in [0.3, 0.4) is 0 Å². The lowest BCUT2D eigenvalue weighted by Gasteiger charge is -2.35. The van der Waals surface area contributed by atoms with E-state index in [9.17, 15) is 13.2 Å². The SMILES string of the molecule is CCNC(c1ccccc1C(F)(F)F)C1(C)CCCS1. The normalized spacial score (nSPS) is 24.9. The summed E-state index contributed by atoms with van der Waals surface area (Å²) in [5, 5.41) is 3.27. The summed E-state index contributed by atoms with van der Waals surface area (Å²) in [5.41, 5.74) is -0.140. The van der Waals surface area contributed by atoms with Crippen LogP contribution in [0, 0.1) is 0 Å². The maximum Gasteiger partial charge on any atom is 0.416 e. The van der Waals surface area contributed by atoms with Gasteiger partial charge >= 0.3 is 6.18 Å². The minimum atomic E-state index is -4.30. The van der Waals surface area contributed by atoms with Gasteiger partial charge < -0.3 is 5.32 Å². The molecule has 0 aromatic heterocycles. The summed E-state index contributed by atoms with van der Waals surface area (Å²) in [6.45, 7) is 4.67. The molecule has 1 heterocycles. The number of alkyl halides is 3. The zero-order valence-electron chi connectivity index (χ0n) is 11.8. The first-order valence-electron chi connectivity index (χ1n) is 6.92. The summed E-state index contributed by atoms with van der Waals surface area (Å²) < 4.78 is 39.5. The highest BCUT2D eigenvalue weighted by Gasteiger charge is 2.42. The number of halogens is 3. The summed E-state index contributed by atoms with van der Waals surface area (Å²) in [7, 11) is 0. The van der Waals surface area contributed by atoms with Crippen molar-refractivity contribution < 1.29 is 13.2 Å². The summed E-state index contributed by atoms with van der Waals surface area (Å²) in [5.74, 6) is 1.02. The molecule has 0 saturated carbocycles. The molecule has 20 heavy (non-hydrogen) atoms. The molecule has 2 rings (SSSR count). The average molecular weight is 303 g/mol. The highest BCUT2D eigenvalue weighted by atomic mass is 32.2. The second-order valence-corrected chi connectivity index (χ2v) is 6.97. The van der Waals surface area contributed by atoms with Crippen LogP contribution in [0.4, 0.5) is 13.2 Å². The van der Waals surface area contributed by atoms with Crippen molar-refractivity contribution in [2.24, 2.45) is 0 Å². The topological polar surface area (TPSA) is 12.0 Å². The van der Waals surface area contributed by atoms with E-state index < -0.39 is 11.7 Å². The maximum atomic E-state index is 13.2. The molecule has 0 amide bonds. The van der Waals surface area contributed by atoms with Gasteiger partial charge in [0, 0.05) is 10.8 Å². The van der Waals surface area contributed by atoms with Gasteiger partial charge in [0.15, 0.2) is 0 Å². The lowest BCUT2D eigenvalue weighted by atomic mass is 9.87. The van der Waals surface area contributed by atoms with Gasteiger partial charge in [-0.2, -0.15) is 24.9 Å². The Labute approximate surface area is 122 Å². The molecule has 2 unspecified atom stereocenters. The maximum absolute atomic E-state index is 13.2. The fraction of sp³-hybridized carbons (Fsp3) is 0.600. The fourth-order valence-corrected chi connectivity index (χ4v) is 4.31. The predicted octanol–water partition coefficient (Wildman–Crippen LogP) is 4.64. The van der Waals surface area contributed by atoms with E-state index in [0.717, 1.165) is 18.6 Å². The van der Waals surface area contributed by atoms with Crippen molar-refractivity contribution in [2.75, 3.05) is 12.3 Å². The highest BCUT2D eigenvalue weighted by Crippen LogP contribution is 2.48. The highest BCUT2D eigenvalue weighted by molar-refractivity contribution is 8.00. The molecule has 0 aliphatic carbocycles. The molecule has 1 nitrogen and oxygen atoms in total. The van der Waals surface area contributed by atoms with Crippen molar-refractivity contribution in [1.29, 1.82) is 0 Å². The van der Waals surface area contributed by atoms with Gasteiger partial charge in [-0.15, -0.1) is 0 Å². The van der Waals surface area contributed by atoms with E-state index >= 15 is 0 Å². The lowest BCUT2D eigenvalue weighted by Crippen LogP contribution is -2.38. The van der Waals surface area contributed by atoms with Crippen LogP contribution in [-0.2, 0) is 6.18 Å². The number of rotatable bonds is 4. The molecule has 1 aromatic rings. The molecular formula is C15H20F3NS. The summed E-state index contributed by atoms with van der Waals surface area (Å²) in [6, 6.07) is 5.68. The number of hydrogen-bond donors (Lipinski definition) is 1. The van der Waals surface area contributed by atoms with Crippen LogP contribution in [0.25, 0.3) is 0 Å². The smallest absolute Gasteiger partial charge is 0.309 e. The van der Waals surface area contributed by atoms with E-state index in [1.54, 1.807) is 23.9 Å². The zero-order valence-corrected chi connectivity index (χ0v) is 12.6. The van der Waals surface area contributed by atoms with Crippen molar-refractivity contribution >= 4 is 11.8 Å². The van der Waals surface area contributed by atoms with E-state index in [1.807, 2.05) is 6.92 Å². The monoisotopic (exact) mass is 303 g/mol. The van der Waals surface area contributed by atoms with Gasteiger partial charge in [-0.3, -0.25) is 0 Å². The van der Waals surface area contributed by atoms with Crippen molar-refractivity contribution in [3.05, 3.63) is 35.4 Å². The second-order valence-electron chi connectivity index (χ2n) is 5.34. The van der Waals surface area contributed by atoms with E-state index in [2.05, 4.69) is 12.2 Å². The standard InChI is InChI=1S/C15H20F3NS/c1-3-19-13(14(2)9-6-10-20-14)11-7-4-5-8-12(11)15(16,17)18/h4-5,7-8,13,19H,3,6,9-10H2,1-2H3. The van der Waals surface area contributed by atoms with Crippen molar-refractivity contribution in [1.82, 2.24) is 5.32 Å². The molecule has 1 aliphatic heterocycles. The largest absolute Gasteiger partial charge is 0.416 e. The Balaban J connectivity index is 2.44. The molecule has 2 atom stereocenters. The molecule has 1 aromatic carbocycles. The van der Waals surface area contributed by atoms with Crippen LogP contribution in [-0.4, -0.2) is 17.0 Å². The molecule has 112 valence electrons. The molecule has 0 bridgehead atoms. The Kier molecular flexibility index (Phi) is 4.69. The number of hydrogen-bond acceptors (Lipinski definition) is 2. The quantitative estimate of drug-likeness (QED) is 0.869. The summed E-state index contributed by atoms with van der Waals surface area (Å²) in [6.07, 6.45) is -2.29. The fourth-order valence-electron chi connectivity index (χ4n) is 2.89. The Morgan fingerprint density at radius 2 is 2.05 bits per heavy atom.